The van der Waals surface area contributed by atoms with Crippen LogP contribution in [0, 0.1) is 5.82 Å². The summed E-state index contributed by atoms with van der Waals surface area (Å²) in [6.07, 6.45) is -0.825. The van der Waals surface area contributed by atoms with Gasteiger partial charge < -0.3 is 9.67 Å². The van der Waals surface area contributed by atoms with Gasteiger partial charge in [0.05, 0.1) is 11.0 Å². The zero-order chi connectivity index (χ0) is 17.2. The third-order valence-corrected chi connectivity index (χ3v) is 4.30. The van der Waals surface area contributed by atoms with Gasteiger partial charge in [0, 0.05) is 6.54 Å². The van der Waals surface area contributed by atoms with E-state index in [4.69, 9.17) is 0 Å². The summed E-state index contributed by atoms with van der Waals surface area (Å²) in [7, 11) is 0. The molecule has 25 heavy (non-hydrogen) atoms. The Balaban J connectivity index is 1.82. The minimum Gasteiger partial charge on any atom is -0.380 e. The third kappa shape index (κ3) is 3.04. The maximum absolute atomic E-state index is 13.2. The van der Waals surface area contributed by atoms with Crippen LogP contribution < -0.4 is 0 Å². The molecule has 1 aromatic heterocycles. The van der Waals surface area contributed by atoms with Gasteiger partial charge in [-0.25, -0.2) is 9.37 Å². The van der Waals surface area contributed by atoms with Crippen molar-refractivity contribution in [3.8, 4) is 0 Å². The first-order valence-electron chi connectivity index (χ1n) is 8.15. The molecular weight excluding hydrogens is 315 g/mol. The molecular formula is C21H17FN2O. The first-order valence-corrected chi connectivity index (χ1v) is 8.15. The molecule has 4 rings (SSSR count). The third-order valence-electron chi connectivity index (χ3n) is 4.30. The van der Waals surface area contributed by atoms with E-state index in [1.165, 1.54) is 12.1 Å². The number of nitrogens with zero attached hydrogens (tertiary/aromatic N) is 2. The highest BCUT2D eigenvalue weighted by molar-refractivity contribution is 5.76. The average Bonchev–Trinajstić information content (AvgIpc) is 3.02. The number of rotatable bonds is 4. The number of aliphatic hydroxyl groups excluding tert-OH is 1. The lowest BCUT2D eigenvalue weighted by Gasteiger charge is -2.14. The second-order valence-electron chi connectivity index (χ2n) is 5.98. The van der Waals surface area contributed by atoms with Crippen LogP contribution in [0.1, 0.15) is 23.1 Å². The summed E-state index contributed by atoms with van der Waals surface area (Å²) in [5.74, 6) is 0.320. The predicted molar refractivity (Wildman–Crippen MR) is 95.7 cm³/mol. The lowest BCUT2D eigenvalue weighted by molar-refractivity contribution is 0.206. The predicted octanol–water partition coefficient (Wildman–Crippen LogP) is 4.31. The first-order chi connectivity index (χ1) is 12.2. The van der Waals surface area contributed by atoms with Crippen molar-refractivity contribution in [2.75, 3.05) is 0 Å². The van der Waals surface area contributed by atoms with Crippen molar-refractivity contribution in [1.29, 1.82) is 0 Å². The molecule has 0 saturated heterocycles. The number of fused-ring (bicyclic) bond motifs is 1. The molecule has 0 aliphatic rings. The maximum Gasteiger partial charge on any atom is 0.143 e. The Bertz CT molecular complexity index is 994. The van der Waals surface area contributed by atoms with Gasteiger partial charge in [0.1, 0.15) is 17.7 Å². The van der Waals surface area contributed by atoms with Crippen LogP contribution in [0.2, 0.25) is 0 Å². The van der Waals surface area contributed by atoms with Crippen LogP contribution in [-0.2, 0) is 6.54 Å². The molecule has 4 aromatic rings. The molecule has 3 aromatic carbocycles. The van der Waals surface area contributed by atoms with E-state index in [1.54, 1.807) is 12.1 Å². The highest BCUT2D eigenvalue weighted by atomic mass is 19.1. The molecule has 0 bridgehead atoms. The number of para-hydroxylation sites is 2. The van der Waals surface area contributed by atoms with Crippen molar-refractivity contribution in [1.82, 2.24) is 9.55 Å². The largest absolute Gasteiger partial charge is 0.380 e. The number of imidazole rings is 1. The summed E-state index contributed by atoms with van der Waals surface area (Å²) >= 11 is 0. The monoisotopic (exact) mass is 332 g/mol. The molecule has 0 saturated carbocycles. The lowest BCUT2D eigenvalue weighted by Crippen LogP contribution is -2.11. The maximum atomic E-state index is 13.2. The normalized spacial score (nSPS) is 12.4. The van der Waals surface area contributed by atoms with Gasteiger partial charge in [-0.2, -0.15) is 0 Å². The molecule has 0 unspecified atom stereocenters. The van der Waals surface area contributed by atoms with Gasteiger partial charge in [0.2, 0.25) is 0 Å². The molecule has 0 aliphatic heterocycles. The van der Waals surface area contributed by atoms with E-state index in [9.17, 15) is 9.50 Å². The number of benzene rings is 3. The molecule has 1 atom stereocenters. The number of aromatic nitrogens is 2. The summed E-state index contributed by atoms with van der Waals surface area (Å²) in [4.78, 5) is 4.64. The highest BCUT2D eigenvalue weighted by Crippen LogP contribution is 2.26. The van der Waals surface area contributed by atoms with Gasteiger partial charge in [-0.05, 0) is 35.4 Å². The minimum absolute atomic E-state index is 0.260. The molecule has 3 nitrogen and oxygen atoms in total. The SMILES string of the molecule is O[C@@H](c1ccccc1)c1nc2ccccc2n1Cc1ccc(F)cc1. The van der Waals surface area contributed by atoms with E-state index in [1.807, 2.05) is 59.2 Å². The Kier molecular flexibility index (Phi) is 4.04. The van der Waals surface area contributed by atoms with Gasteiger partial charge in [-0.3, -0.25) is 0 Å². The van der Waals surface area contributed by atoms with Crippen LogP contribution >= 0.6 is 0 Å². The molecule has 0 fully saturated rings. The fourth-order valence-electron chi connectivity index (χ4n) is 3.03. The Morgan fingerprint density at radius 3 is 2.32 bits per heavy atom. The molecule has 4 heteroatoms. The van der Waals surface area contributed by atoms with E-state index in [2.05, 4.69) is 4.98 Å². The van der Waals surface area contributed by atoms with Crippen molar-refractivity contribution in [3.05, 3.63) is 102 Å². The van der Waals surface area contributed by atoms with Gasteiger partial charge in [-0.1, -0.05) is 54.6 Å². The highest BCUT2D eigenvalue weighted by Gasteiger charge is 2.19. The van der Waals surface area contributed by atoms with Crippen LogP contribution in [0.4, 0.5) is 4.39 Å². The van der Waals surface area contributed by atoms with Crippen molar-refractivity contribution in [2.45, 2.75) is 12.6 Å². The van der Waals surface area contributed by atoms with E-state index in [0.717, 1.165) is 22.2 Å². The summed E-state index contributed by atoms with van der Waals surface area (Å²) in [6.45, 7) is 0.514. The van der Waals surface area contributed by atoms with E-state index in [0.29, 0.717) is 12.4 Å². The van der Waals surface area contributed by atoms with E-state index in [-0.39, 0.29) is 5.82 Å². The van der Waals surface area contributed by atoms with Crippen LogP contribution in [-0.4, -0.2) is 14.7 Å². The minimum atomic E-state index is -0.825. The van der Waals surface area contributed by atoms with Crippen molar-refractivity contribution < 1.29 is 9.50 Å². The topological polar surface area (TPSA) is 38.1 Å². The molecule has 1 heterocycles. The molecule has 0 amide bonds. The summed E-state index contributed by atoms with van der Waals surface area (Å²) in [5.41, 5.74) is 3.51. The van der Waals surface area contributed by atoms with Crippen molar-refractivity contribution in [3.63, 3.8) is 0 Å². The fraction of sp³-hybridized carbons (Fsp3) is 0.0952. The first kappa shape index (κ1) is 15.5. The number of hydrogen-bond acceptors (Lipinski definition) is 2. The molecule has 1 N–H and O–H groups in total. The Labute approximate surface area is 145 Å². The molecule has 0 aliphatic carbocycles. The summed E-state index contributed by atoms with van der Waals surface area (Å²) in [5, 5.41) is 10.9. The number of aliphatic hydroxyl groups is 1. The second kappa shape index (κ2) is 6.49. The second-order valence-corrected chi connectivity index (χ2v) is 5.98. The number of hydrogen-bond donors (Lipinski definition) is 1. The molecule has 0 spiro atoms. The van der Waals surface area contributed by atoms with Gasteiger partial charge >= 0.3 is 0 Å². The van der Waals surface area contributed by atoms with Crippen LogP contribution in [0.25, 0.3) is 11.0 Å². The van der Waals surface area contributed by atoms with Crippen molar-refractivity contribution >= 4 is 11.0 Å². The van der Waals surface area contributed by atoms with Crippen LogP contribution in [0.5, 0.6) is 0 Å². The zero-order valence-electron chi connectivity index (χ0n) is 13.5. The molecule has 0 radical (unpaired) electrons. The van der Waals surface area contributed by atoms with Crippen LogP contribution in [0.15, 0.2) is 78.9 Å². The summed E-state index contributed by atoms with van der Waals surface area (Å²) in [6, 6.07) is 23.6. The van der Waals surface area contributed by atoms with Gasteiger partial charge in [0.15, 0.2) is 0 Å². The number of halogens is 1. The van der Waals surface area contributed by atoms with Crippen LogP contribution in [0.3, 0.4) is 0 Å². The smallest absolute Gasteiger partial charge is 0.143 e. The van der Waals surface area contributed by atoms with Crippen molar-refractivity contribution in [2.24, 2.45) is 0 Å². The zero-order valence-corrected chi connectivity index (χ0v) is 13.5. The van der Waals surface area contributed by atoms with Gasteiger partial charge in [0.25, 0.3) is 0 Å². The van der Waals surface area contributed by atoms with Gasteiger partial charge in [-0.15, -0.1) is 0 Å². The fourth-order valence-corrected chi connectivity index (χ4v) is 3.03. The quantitative estimate of drug-likeness (QED) is 0.605. The standard InChI is InChI=1S/C21H17FN2O/c22-17-12-10-15(11-13-17)14-24-19-9-5-4-8-18(19)23-21(24)20(25)16-6-2-1-3-7-16/h1-13,20,25H,14H2/t20-/m0/s1. The van der Waals surface area contributed by atoms with E-state index >= 15 is 0 Å². The lowest BCUT2D eigenvalue weighted by atomic mass is 10.1. The summed E-state index contributed by atoms with van der Waals surface area (Å²) < 4.78 is 15.2. The average molecular weight is 332 g/mol. The van der Waals surface area contributed by atoms with E-state index < -0.39 is 6.10 Å². The Morgan fingerprint density at radius 1 is 0.880 bits per heavy atom. The Morgan fingerprint density at radius 2 is 1.56 bits per heavy atom. The Hall–Kier alpha value is -2.98. The molecule has 124 valence electrons.